The number of carboxylic acid groups (broad SMARTS) is 6. The van der Waals surface area contributed by atoms with Crippen molar-refractivity contribution in [1.82, 2.24) is 0 Å². The molecule has 7 aromatic carbocycles. The lowest BCUT2D eigenvalue weighted by molar-refractivity contribution is -0.256. The summed E-state index contributed by atoms with van der Waals surface area (Å²) in [5, 5.41) is 90.2. The Bertz CT molecular complexity index is 4100. The van der Waals surface area contributed by atoms with Crippen LogP contribution in [0.25, 0.3) is 0 Å². The topological polar surface area (TPSA) is 532 Å². The van der Waals surface area contributed by atoms with Gasteiger partial charge in [0.2, 0.25) is 0 Å². The molecule has 0 heterocycles. The zero-order chi connectivity index (χ0) is 86.0. The summed E-state index contributed by atoms with van der Waals surface area (Å²) in [5.74, 6) is -11.2. The summed E-state index contributed by atoms with van der Waals surface area (Å²) < 4.78 is 40.1. The van der Waals surface area contributed by atoms with Gasteiger partial charge in [-0.25, -0.2) is 47.9 Å². The van der Waals surface area contributed by atoms with Crippen LogP contribution in [0.3, 0.4) is 0 Å². The van der Waals surface area contributed by atoms with Gasteiger partial charge in [-0.3, -0.25) is 0 Å². The predicted molar refractivity (Wildman–Crippen MR) is 406 cm³/mol. The molecule has 0 saturated carbocycles. The van der Waals surface area contributed by atoms with Crippen LogP contribution in [-0.4, -0.2) is 193 Å². The van der Waals surface area contributed by atoms with Crippen molar-refractivity contribution in [3.63, 3.8) is 0 Å². The van der Waals surface area contributed by atoms with Gasteiger partial charge in [0.25, 0.3) is 0 Å². The molecule has 620 valence electrons. The zero-order valence-corrected chi connectivity index (χ0v) is 63.1. The molecule has 0 fully saturated rings. The third-order valence-corrected chi connectivity index (χ3v) is 14.8. The number of unbranched alkanes of at least 4 members (excludes halogenated alkanes) is 5. The summed E-state index contributed by atoms with van der Waals surface area (Å²) in [6.45, 7) is 9.76. The fraction of sp³-hybridized carbons (Fsp3) is 0.286. The maximum atomic E-state index is 11.8. The first-order valence-corrected chi connectivity index (χ1v) is 35.8. The lowest BCUT2D eigenvalue weighted by Crippen LogP contribution is -2.22. The quantitative estimate of drug-likeness (QED) is 0.0122. The molecular weight excluding hydrogens is 1520 g/mol. The van der Waals surface area contributed by atoms with E-state index in [9.17, 15) is 87.5 Å². The Morgan fingerprint density at radius 3 is 0.543 bits per heavy atom. The van der Waals surface area contributed by atoms with E-state index in [0.717, 1.165) is 0 Å². The average Bonchev–Trinajstić information content (AvgIpc) is 0.869. The minimum Gasteiger partial charge on any atom is -0.545 e. The number of hydrogen-bond acceptors (Lipinski definition) is 28. The van der Waals surface area contributed by atoms with Gasteiger partial charge in [-0.2, -0.15) is 0 Å². The minimum atomic E-state index is -1.33. The van der Waals surface area contributed by atoms with Crippen molar-refractivity contribution < 1.29 is 156 Å². The van der Waals surface area contributed by atoms with Gasteiger partial charge in [0.05, 0.1) is 132 Å². The summed E-state index contributed by atoms with van der Waals surface area (Å²) in [4.78, 5) is 156. The summed E-state index contributed by atoms with van der Waals surface area (Å²) in [5.41, 5.74) is 2.73. The number of rotatable bonds is 41. The van der Waals surface area contributed by atoms with E-state index in [2.05, 4.69) is 13.2 Å². The number of aromatic carboxylic acids is 6. The van der Waals surface area contributed by atoms with E-state index >= 15 is 0 Å². The third-order valence-electron chi connectivity index (χ3n) is 14.8. The van der Waals surface area contributed by atoms with Crippen LogP contribution in [-0.2, 0) is 37.9 Å². The Balaban J connectivity index is 0.000000480. The number of benzene rings is 7. The maximum Gasteiger partial charge on any atom is 0.338 e. The van der Waals surface area contributed by atoms with Crippen LogP contribution < -0.4 is 20.4 Å². The highest BCUT2D eigenvalue weighted by Crippen LogP contribution is 2.14. The molecule has 0 unspecified atom stereocenters. The molecule has 7 aromatic rings. The molecule has 32 nitrogen and oxygen atoms in total. The van der Waals surface area contributed by atoms with Gasteiger partial charge >= 0.3 is 59.7 Å². The number of aliphatic hydroxyl groups is 2. The van der Waals surface area contributed by atoms with Crippen molar-refractivity contribution in [1.29, 1.82) is 0 Å². The molecule has 7 rings (SSSR count). The molecule has 0 saturated heterocycles. The fourth-order valence-corrected chi connectivity index (χ4v) is 8.42. The SMILES string of the molecule is C=CCCOC(=O)c1ccc(C(=O)OCCCC[OH2+])cc1.C=CCCOC(=O)c1ccc(C(=O)[O-])cc1.O=C(OCCCCO)c1ccc(C(=O)OCCCC[OH2+])cc1.O=C([O-])c1ccc(C(=O)O)cc1.O=C([O-])c1ccc(C(=O)OCCCCO)cc1.O=C([O-])c1ccc(C(=O)OCCCCOC(=O)c2ccc(C(=O)O)cc2)cc1. The standard InChI is InChI=1S/C20H18O8.C16H22O6.C16H20O5.C12H14O5.C12H12O4.C8H6O4/c21-17(22)13-3-7-15(8-4-13)19(25)27-11-1-2-12-28-20(26)16-9-5-14(6-10-16)18(23)24;17-9-1-3-11-21-15(19)13-5-7-14(8-6-13)16(20)22-12-4-2-10-18;1-2-3-11-20-15(18)13-6-8-14(9-7-13)16(19)21-12-5-4-10-17;13-7-1-2-8-17-12(16)10-5-3-9(4-6-10)11(14)15;1-2-3-8-16-12(15)10-6-4-9(5-7-10)11(13)14;9-7(10)5-1-2-6(4-3-5)8(11)12/h3-10H,1-2,11-12H2,(H,21,22)(H,23,24);5-8,17-18H,1-4,9-12H2;2,6-9,17H,1,3-5,10-12H2;3-6,13H,1-2,7-8H2,(H,14,15);2,4-7H,1,3,8H2,(H,13,14);1-4H,(H,9,10)(H,11,12)/p-2. The largest absolute Gasteiger partial charge is 0.545 e. The molecular formula is C84H90O32-2. The monoisotopic (exact) mass is 1610 g/mol. The van der Waals surface area contributed by atoms with Crippen molar-refractivity contribution in [2.75, 3.05) is 79.3 Å². The van der Waals surface area contributed by atoms with Gasteiger partial charge in [-0.05, 0) is 208 Å². The van der Waals surface area contributed by atoms with Crippen molar-refractivity contribution in [2.45, 2.75) is 77.0 Å². The summed E-state index contributed by atoms with van der Waals surface area (Å²) in [6.07, 6.45) is 10.6. The van der Waals surface area contributed by atoms with Gasteiger partial charge in [-0.1, -0.05) is 60.7 Å². The van der Waals surface area contributed by atoms with E-state index in [0.29, 0.717) is 143 Å². The molecule has 0 bridgehead atoms. The van der Waals surface area contributed by atoms with Crippen molar-refractivity contribution >= 4 is 83.6 Å². The number of ether oxygens (including phenoxy) is 8. The summed E-state index contributed by atoms with van der Waals surface area (Å²) in [6, 6.07) is 38.4. The van der Waals surface area contributed by atoms with Gasteiger partial charge in [-0.15, -0.1) is 13.2 Å². The van der Waals surface area contributed by atoms with Gasteiger partial charge in [0.15, 0.2) is 0 Å². The van der Waals surface area contributed by atoms with E-state index in [4.69, 9.17) is 68.5 Å². The van der Waals surface area contributed by atoms with Gasteiger partial charge < -0.3 is 108 Å². The molecule has 116 heavy (non-hydrogen) atoms. The Morgan fingerprint density at radius 1 is 0.250 bits per heavy atom. The van der Waals surface area contributed by atoms with Crippen LogP contribution in [0.2, 0.25) is 0 Å². The number of carbonyl (C=O) groups excluding carboxylic acids is 12. The zero-order valence-electron chi connectivity index (χ0n) is 63.1. The Morgan fingerprint density at radius 2 is 0.397 bits per heavy atom. The van der Waals surface area contributed by atoms with Crippen LogP contribution in [0, 0.1) is 0 Å². The van der Waals surface area contributed by atoms with Crippen LogP contribution in [0.1, 0.15) is 222 Å². The second-order valence-corrected chi connectivity index (χ2v) is 23.5. The first kappa shape index (κ1) is 98.5. The van der Waals surface area contributed by atoms with Gasteiger partial charge in [0.1, 0.15) is 13.2 Å². The molecule has 0 radical (unpaired) electrons. The second kappa shape index (κ2) is 58.3. The summed E-state index contributed by atoms with van der Waals surface area (Å²) in [7, 11) is 0. The molecule has 0 spiro atoms. The minimum absolute atomic E-state index is 0.0156. The van der Waals surface area contributed by atoms with Gasteiger partial charge in [0, 0.05) is 26.1 Å². The highest BCUT2D eigenvalue weighted by molar-refractivity contribution is 5.97. The molecule has 32 heteroatoms. The Hall–Kier alpha value is -13.6. The van der Waals surface area contributed by atoms with Crippen LogP contribution in [0.4, 0.5) is 0 Å². The van der Waals surface area contributed by atoms with Crippen LogP contribution >= 0.6 is 0 Å². The maximum absolute atomic E-state index is 11.8. The Kier molecular flexibility index (Phi) is 49.5. The molecule has 0 aromatic heterocycles. The smallest absolute Gasteiger partial charge is 0.338 e. The highest BCUT2D eigenvalue weighted by Gasteiger charge is 2.16. The van der Waals surface area contributed by atoms with Crippen molar-refractivity contribution in [2.24, 2.45) is 0 Å². The molecule has 0 aliphatic carbocycles. The van der Waals surface area contributed by atoms with Crippen LogP contribution in [0.15, 0.2) is 195 Å². The molecule has 0 aliphatic rings. The molecule has 0 amide bonds. The molecule has 0 aliphatic heterocycles. The van der Waals surface area contributed by atoms with Crippen LogP contribution in [0.5, 0.6) is 0 Å². The number of hydrogen-bond donors (Lipinski definition) is 4. The first-order valence-electron chi connectivity index (χ1n) is 35.8. The third kappa shape index (κ3) is 41.1. The van der Waals surface area contributed by atoms with Crippen molar-refractivity contribution in [3.05, 3.63) is 273 Å². The number of aliphatic hydroxyl groups excluding tert-OH is 2. The van der Waals surface area contributed by atoms with Crippen molar-refractivity contribution in [3.8, 4) is 0 Å². The summed E-state index contributed by atoms with van der Waals surface area (Å²) >= 11 is 0. The number of esters is 8. The Labute approximate surface area is 666 Å². The number of carbonyl (C=O) groups is 14. The lowest BCUT2D eigenvalue weighted by atomic mass is 10.1. The first-order chi connectivity index (χ1) is 55.7. The molecule has 8 N–H and O–H groups in total. The van der Waals surface area contributed by atoms with E-state index < -0.39 is 83.6 Å². The second-order valence-electron chi connectivity index (χ2n) is 23.5. The van der Waals surface area contributed by atoms with E-state index in [-0.39, 0.29) is 90.8 Å². The normalized spacial score (nSPS) is 9.93. The fourth-order valence-electron chi connectivity index (χ4n) is 8.42. The number of carboxylic acids is 6. The average molecular weight is 1610 g/mol. The van der Waals surface area contributed by atoms with E-state index in [1.807, 2.05) is 0 Å². The lowest BCUT2D eigenvalue weighted by Gasteiger charge is -2.07. The predicted octanol–water partition coefficient (Wildman–Crippen LogP) is 5.41. The molecule has 0 atom stereocenters. The van der Waals surface area contributed by atoms with E-state index in [1.165, 1.54) is 170 Å². The van der Waals surface area contributed by atoms with E-state index in [1.54, 1.807) is 12.2 Å². The highest BCUT2D eigenvalue weighted by atomic mass is 16.6.